The molecule has 0 atom stereocenters. The molecule has 4 aromatic heterocycles. The number of benzene rings is 9. The van der Waals surface area contributed by atoms with Gasteiger partial charge in [0.25, 0.3) is 0 Å². The molecule has 4 heterocycles. The molecule has 0 saturated heterocycles. The van der Waals surface area contributed by atoms with Crippen LogP contribution in [0.4, 0.5) is 0 Å². The molecule has 13 aromatic rings. The molecule has 4 heteroatoms. The Balaban J connectivity index is 0.713. The number of hydrogen-bond acceptors (Lipinski definition) is 4. The standard InChI is InChI=1S/C62H38S4/c1-3-9-43(10-4-1)51-13-7-15-55-61(51)53(37-63-55)45-25-17-39(18-26-45)41-21-29-47(30-22-41)57-33-49-35-60-50(36-59(49)65-57)34-58(66-60)48-31-23-42(24-32-48)40-19-27-46(28-20-40)54-38-64-56-16-8-14-52(62(54)56)44-11-5-2-6-12-44/h1-38H. The fourth-order valence-corrected chi connectivity index (χ4v) is 13.7. The molecule has 0 aliphatic rings. The van der Waals surface area contributed by atoms with Gasteiger partial charge in [-0.25, -0.2) is 0 Å². The van der Waals surface area contributed by atoms with E-state index in [1.54, 1.807) is 0 Å². The summed E-state index contributed by atoms with van der Waals surface area (Å²) in [4.78, 5) is 2.60. The van der Waals surface area contributed by atoms with E-state index in [1.807, 2.05) is 45.3 Å². The first kappa shape index (κ1) is 39.2. The van der Waals surface area contributed by atoms with Crippen LogP contribution in [0.5, 0.6) is 0 Å². The van der Waals surface area contributed by atoms with E-state index in [9.17, 15) is 0 Å². The Hall–Kier alpha value is -7.18. The monoisotopic (exact) mass is 910 g/mol. The summed E-state index contributed by atoms with van der Waals surface area (Å²) >= 11 is 7.40. The summed E-state index contributed by atoms with van der Waals surface area (Å²) in [6.45, 7) is 0. The van der Waals surface area contributed by atoms with Crippen molar-refractivity contribution in [1.82, 2.24) is 0 Å². The maximum Gasteiger partial charge on any atom is 0.0356 e. The van der Waals surface area contributed by atoms with Crippen LogP contribution in [0.15, 0.2) is 229 Å². The van der Waals surface area contributed by atoms with E-state index in [0.717, 1.165) is 0 Å². The third-order valence-electron chi connectivity index (χ3n) is 12.9. The van der Waals surface area contributed by atoms with Gasteiger partial charge in [-0.15, -0.1) is 45.3 Å². The van der Waals surface area contributed by atoms with Crippen molar-refractivity contribution in [3.63, 3.8) is 0 Å². The van der Waals surface area contributed by atoms with E-state index in [4.69, 9.17) is 0 Å². The van der Waals surface area contributed by atoms with Crippen molar-refractivity contribution >= 4 is 85.7 Å². The van der Waals surface area contributed by atoms with Gasteiger partial charge >= 0.3 is 0 Å². The summed E-state index contributed by atoms with van der Waals surface area (Å²) in [6.07, 6.45) is 0. The van der Waals surface area contributed by atoms with Gasteiger partial charge in [-0.1, -0.05) is 182 Å². The molecule has 13 rings (SSSR count). The van der Waals surface area contributed by atoms with Crippen LogP contribution >= 0.6 is 45.3 Å². The number of rotatable bonds is 8. The SMILES string of the molecule is c1ccc(-c2cccc3scc(-c4ccc(-c5ccc(-c6cc7cc8sc(-c9ccc(-c%10ccc(-c%11csc%12cccc(-c%13ccccc%13)c%11%12)cc%10)cc9)cc8cc7s6)cc5)cc4)c23)cc1. The Morgan fingerprint density at radius 3 is 0.939 bits per heavy atom. The van der Waals surface area contributed by atoms with Gasteiger partial charge in [-0.2, -0.15) is 0 Å². The molecular formula is C62H38S4. The summed E-state index contributed by atoms with van der Waals surface area (Å²) in [5.41, 5.74) is 17.6. The van der Waals surface area contributed by atoms with Crippen molar-refractivity contribution in [3.05, 3.63) is 229 Å². The van der Waals surface area contributed by atoms with Crippen LogP contribution in [0.1, 0.15) is 0 Å². The minimum Gasteiger partial charge on any atom is -0.143 e. The molecule has 0 amide bonds. The first-order valence-corrected chi connectivity index (χ1v) is 25.6. The smallest absolute Gasteiger partial charge is 0.0356 e. The molecule has 0 N–H and O–H groups in total. The van der Waals surface area contributed by atoms with Crippen molar-refractivity contribution in [2.45, 2.75) is 0 Å². The summed E-state index contributed by atoms with van der Waals surface area (Å²) < 4.78 is 5.28. The minimum absolute atomic E-state index is 1.23. The quantitative estimate of drug-likeness (QED) is 0.142. The highest BCUT2D eigenvalue weighted by atomic mass is 32.1. The predicted molar refractivity (Wildman–Crippen MR) is 291 cm³/mol. The van der Waals surface area contributed by atoms with Gasteiger partial charge in [0, 0.05) is 50.5 Å². The van der Waals surface area contributed by atoms with Gasteiger partial charge in [0.1, 0.15) is 0 Å². The van der Waals surface area contributed by atoms with Gasteiger partial charge in [-0.3, -0.25) is 0 Å². The largest absolute Gasteiger partial charge is 0.143 e. The molecule has 0 saturated carbocycles. The molecule has 66 heavy (non-hydrogen) atoms. The Kier molecular flexibility index (Phi) is 9.72. The molecule has 0 fully saturated rings. The van der Waals surface area contributed by atoms with Crippen molar-refractivity contribution in [3.8, 4) is 87.6 Å². The first-order chi connectivity index (χ1) is 32.7. The zero-order chi connectivity index (χ0) is 43.6. The van der Waals surface area contributed by atoms with E-state index < -0.39 is 0 Å². The van der Waals surface area contributed by atoms with Gasteiger partial charge in [-0.05, 0) is 125 Å². The molecule has 310 valence electrons. The summed E-state index contributed by atoms with van der Waals surface area (Å²) in [5.74, 6) is 0. The van der Waals surface area contributed by atoms with E-state index in [-0.39, 0.29) is 0 Å². The average Bonchev–Trinajstić information content (AvgIpc) is 4.21. The highest BCUT2D eigenvalue weighted by Crippen LogP contribution is 2.44. The highest BCUT2D eigenvalue weighted by Gasteiger charge is 2.16. The zero-order valence-corrected chi connectivity index (χ0v) is 38.8. The lowest BCUT2D eigenvalue weighted by atomic mass is 9.95. The van der Waals surface area contributed by atoms with Crippen molar-refractivity contribution in [2.24, 2.45) is 0 Å². The van der Waals surface area contributed by atoms with Crippen molar-refractivity contribution in [2.75, 3.05) is 0 Å². The molecule has 0 radical (unpaired) electrons. The van der Waals surface area contributed by atoms with Crippen molar-refractivity contribution < 1.29 is 0 Å². The van der Waals surface area contributed by atoms with Gasteiger partial charge < -0.3 is 0 Å². The Labute approximate surface area is 399 Å². The number of fused-ring (bicyclic) bond motifs is 4. The molecule has 0 nitrogen and oxygen atoms in total. The van der Waals surface area contributed by atoms with Crippen LogP contribution in [0.25, 0.3) is 128 Å². The fraction of sp³-hybridized carbons (Fsp3) is 0. The first-order valence-electron chi connectivity index (χ1n) is 22.2. The Morgan fingerprint density at radius 1 is 0.227 bits per heavy atom. The van der Waals surface area contributed by atoms with Gasteiger partial charge in [0.15, 0.2) is 0 Å². The molecule has 0 bridgehead atoms. The minimum atomic E-state index is 1.23. The van der Waals surface area contributed by atoms with Crippen LogP contribution < -0.4 is 0 Å². The number of hydrogen-bond donors (Lipinski definition) is 0. The van der Waals surface area contributed by atoms with Crippen LogP contribution in [0.2, 0.25) is 0 Å². The average molecular weight is 911 g/mol. The fourth-order valence-electron chi connectivity index (χ4n) is 9.51. The van der Waals surface area contributed by atoms with Crippen LogP contribution in [0.3, 0.4) is 0 Å². The van der Waals surface area contributed by atoms with Crippen LogP contribution in [-0.2, 0) is 0 Å². The van der Waals surface area contributed by atoms with E-state index in [0.29, 0.717) is 0 Å². The third kappa shape index (κ3) is 7.02. The van der Waals surface area contributed by atoms with E-state index >= 15 is 0 Å². The van der Waals surface area contributed by atoms with Crippen LogP contribution in [-0.4, -0.2) is 0 Å². The third-order valence-corrected chi connectivity index (χ3v) is 17.1. The second-order valence-electron chi connectivity index (χ2n) is 16.8. The maximum atomic E-state index is 2.38. The Morgan fingerprint density at radius 2 is 0.561 bits per heavy atom. The molecule has 0 unspecified atom stereocenters. The molecule has 0 aliphatic heterocycles. The Bertz CT molecular complexity index is 3560. The predicted octanol–water partition coefficient (Wildman–Crippen LogP) is 19.9. The zero-order valence-electron chi connectivity index (χ0n) is 35.6. The molecule has 0 aliphatic carbocycles. The lowest BCUT2D eigenvalue weighted by Gasteiger charge is -2.09. The topological polar surface area (TPSA) is 0 Å². The molecule has 0 spiro atoms. The summed E-state index contributed by atoms with van der Waals surface area (Å²) in [7, 11) is 0. The van der Waals surface area contributed by atoms with E-state index in [1.165, 1.54) is 128 Å². The summed E-state index contributed by atoms with van der Waals surface area (Å²) in [5, 5.41) is 9.89. The second kappa shape index (κ2) is 16.4. The van der Waals surface area contributed by atoms with Gasteiger partial charge in [0.05, 0.1) is 0 Å². The molecule has 9 aromatic carbocycles. The number of thiophene rings is 4. The lowest BCUT2D eigenvalue weighted by Crippen LogP contribution is -1.83. The van der Waals surface area contributed by atoms with Crippen LogP contribution in [0, 0.1) is 0 Å². The van der Waals surface area contributed by atoms with Gasteiger partial charge in [0.2, 0.25) is 0 Å². The summed E-state index contributed by atoms with van der Waals surface area (Å²) in [6, 6.07) is 80.6. The normalized spacial score (nSPS) is 11.6. The molecular weight excluding hydrogens is 873 g/mol. The van der Waals surface area contributed by atoms with Crippen molar-refractivity contribution in [1.29, 1.82) is 0 Å². The second-order valence-corrected chi connectivity index (χ2v) is 20.8. The maximum absolute atomic E-state index is 2.38. The van der Waals surface area contributed by atoms with E-state index in [2.05, 4.69) is 229 Å². The lowest BCUT2D eigenvalue weighted by molar-refractivity contribution is 1.61. The highest BCUT2D eigenvalue weighted by molar-refractivity contribution is 7.24.